The van der Waals surface area contributed by atoms with Gasteiger partial charge in [-0.05, 0) is 59.7 Å². The Labute approximate surface area is 209 Å². The quantitative estimate of drug-likeness (QED) is 0.503. The summed E-state index contributed by atoms with van der Waals surface area (Å²) in [6.07, 6.45) is 3.13. The molecule has 198 valence electrons. The molecule has 2 fully saturated rings. The van der Waals surface area contributed by atoms with Gasteiger partial charge in [0.25, 0.3) is 0 Å². The van der Waals surface area contributed by atoms with E-state index in [-0.39, 0.29) is 46.5 Å². The standard InChI is InChI=1S/C25H34F3N5O3/c1-24(2)11-16(12-25(3,4)33(24)5)30-21-18(26)13-29-23(32-21)31-15-6-7-19(20(10-15)36-22(27)28)35-17-8-9-34-14-17/h6-7,10,13,16-17,22H,8-9,11-12,14H2,1-5H3,(H2,29,30,31,32). The minimum Gasteiger partial charge on any atom is -0.484 e. The molecule has 0 amide bonds. The number of piperidine rings is 1. The van der Waals surface area contributed by atoms with Crippen molar-refractivity contribution in [3.8, 4) is 11.5 Å². The number of ether oxygens (including phenoxy) is 3. The largest absolute Gasteiger partial charge is 0.484 e. The van der Waals surface area contributed by atoms with Crippen molar-refractivity contribution in [3.05, 3.63) is 30.2 Å². The van der Waals surface area contributed by atoms with E-state index >= 15 is 0 Å². The summed E-state index contributed by atoms with van der Waals surface area (Å²) in [7, 11) is 2.10. The lowest BCUT2D eigenvalue weighted by Gasteiger charge is -2.53. The molecule has 4 rings (SSSR count). The number of benzene rings is 1. The maximum atomic E-state index is 14.6. The summed E-state index contributed by atoms with van der Waals surface area (Å²) in [4.78, 5) is 10.7. The van der Waals surface area contributed by atoms with Crippen molar-refractivity contribution >= 4 is 17.5 Å². The fraction of sp³-hybridized carbons (Fsp3) is 0.600. The van der Waals surface area contributed by atoms with Crippen LogP contribution in [0.2, 0.25) is 0 Å². The van der Waals surface area contributed by atoms with Gasteiger partial charge in [-0.1, -0.05) is 0 Å². The molecule has 8 nitrogen and oxygen atoms in total. The minimum absolute atomic E-state index is 0.00509. The predicted molar refractivity (Wildman–Crippen MR) is 131 cm³/mol. The highest BCUT2D eigenvalue weighted by molar-refractivity contribution is 5.60. The van der Waals surface area contributed by atoms with Crippen LogP contribution in [0.3, 0.4) is 0 Å². The molecule has 2 N–H and O–H groups in total. The van der Waals surface area contributed by atoms with Crippen molar-refractivity contribution in [2.24, 2.45) is 0 Å². The number of likely N-dealkylation sites (tertiary alicyclic amines) is 1. The van der Waals surface area contributed by atoms with Crippen LogP contribution in [-0.2, 0) is 4.74 Å². The summed E-state index contributed by atoms with van der Waals surface area (Å²) in [6, 6.07) is 4.54. The second-order valence-corrected chi connectivity index (χ2v) is 10.6. The number of rotatable bonds is 8. The fourth-order valence-electron chi connectivity index (χ4n) is 4.98. The topological polar surface area (TPSA) is 80.8 Å². The van der Waals surface area contributed by atoms with E-state index in [2.05, 4.69) is 65.0 Å². The Morgan fingerprint density at radius 1 is 1.14 bits per heavy atom. The first kappa shape index (κ1) is 26.3. The van der Waals surface area contributed by atoms with Gasteiger partial charge in [0.15, 0.2) is 23.1 Å². The summed E-state index contributed by atoms with van der Waals surface area (Å²) in [6.45, 7) is 6.58. The molecule has 0 bridgehead atoms. The molecule has 36 heavy (non-hydrogen) atoms. The van der Waals surface area contributed by atoms with Gasteiger partial charge >= 0.3 is 6.61 Å². The van der Waals surface area contributed by atoms with Crippen LogP contribution in [0.25, 0.3) is 0 Å². The van der Waals surface area contributed by atoms with Crippen LogP contribution in [0.4, 0.5) is 30.6 Å². The van der Waals surface area contributed by atoms with Crippen LogP contribution in [0.5, 0.6) is 11.5 Å². The molecule has 3 heterocycles. The van der Waals surface area contributed by atoms with Gasteiger partial charge in [0.2, 0.25) is 5.95 Å². The minimum atomic E-state index is -3.02. The Bertz CT molecular complexity index is 1050. The number of nitrogens with one attached hydrogen (secondary N) is 2. The molecule has 0 aliphatic carbocycles. The third-order valence-corrected chi connectivity index (χ3v) is 6.99. The Balaban J connectivity index is 1.51. The number of anilines is 3. The summed E-state index contributed by atoms with van der Waals surface area (Å²) in [5.74, 6) is -0.311. The van der Waals surface area contributed by atoms with Crippen molar-refractivity contribution in [1.82, 2.24) is 14.9 Å². The van der Waals surface area contributed by atoms with E-state index < -0.39 is 12.4 Å². The van der Waals surface area contributed by atoms with Crippen molar-refractivity contribution in [1.29, 1.82) is 0 Å². The lowest BCUT2D eigenvalue weighted by atomic mass is 9.77. The third-order valence-electron chi connectivity index (χ3n) is 6.99. The van der Waals surface area contributed by atoms with Crippen LogP contribution >= 0.6 is 0 Å². The van der Waals surface area contributed by atoms with Gasteiger partial charge in [-0.25, -0.2) is 9.37 Å². The highest BCUT2D eigenvalue weighted by Crippen LogP contribution is 2.38. The number of hydrogen-bond acceptors (Lipinski definition) is 8. The molecule has 1 aromatic heterocycles. The van der Waals surface area contributed by atoms with Gasteiger partial charge in [-0.15, -0.1) is 0 Å². The maximum Gasteiger partial charge on any atom is 0.387 e. The van der Waals surface area contributed by atoms with Gasteiger partial charge in [-0.2, -0.15) is 13.8 Å². The average molecular weight is 510 g/mol. The van der Waals surface area contributed by atoms with Crippen molar-refractivity contribution in [2.45, 2.75) is 76.8 Å². The highest BCUT2D eigenvalue weighted by atomic mass is 19.3. The van der Waals surface area contributed by atoms with E-state index in [0.717, 1.165) is 19.0 Å². The van der Waals surface area contributed by atoms with Gasteiger partial charge in [-0.3, -0.25) is 4.90 Å². The van der Waals surface area contributed by atoms with E-state index in [9.17, 15) is 13.2 Å². The number of hydrogen-bond donors (Lipinski definition) is 2. The third kappa shape index (κ3) is 6.12. The van der Waals surface area contributed by atoms with E-state index in [1.165, 1.54) is 12.1 Å². The van der Waals surface area contributed by atoms with Gasteiger partial charge < -0.3 is 24.8 Å². The first-order valence-electron chi connectivity index (χ1n) is 12.1. The SMILES string of the molecule is CN1C(C)(C)CC(Nc2nc(Nc3ccc(OC4CCOC4)c(OC(F)F)c3)ncc2F)CC1(C)C. The summed E-state index contributed by atoms with van der Waals surface area (Å²) < 4.78 is 56.4. The summed E-state index contributed by atoms with van der Waals surface area (Å²) in [5, 5.41) is 6.19. The monoisotopic (exact) mass is 509 g/mol. The number of aromatic nitrogens is 2. The molecule has 2 aromatic rings. The molecular formula is C25H34F3N5O3. The molecular weight excluding hydrogens is 475 g/mol. The zero-order valence-electron chi connectivity index (χ0n) is 21.3. The van der Waals surface area contributed by atoms with Crippen LogP contribution in [-0.4, -0.2) is 65.0 Å². The van der Waals surface area contributed by atoms with E-state index in [0.29, 0.717) is 25.3 Å². The maximum absolute atomic E-state index is 14.6. The van der Waals surface area contributed by atoms with E-state index in [4.69, 9.17) is 9.47 Å². The van der Waals surface area contributed by atoms with E-state index in [1.807, 2.05) is 0 Å². The predicted octanol–water partition coefficient (Wildman–Crippen LogP) is 5.19. The Kier molecular flexibility index (Phi) is 7.51. The first-order valence-corrected chi connectivity index (χ1v) is 12.1. The van der Waals surface area contributed by atoms with Gasteiger partial charge in [0, 0.05) is 35.3 Å². The number of nitrogens with zero attached hydrogens (tertiary/aromatic N) is 3. The van der Waals surface area contributed by atoms with Crippen molar-refractivity contribution < 1.29 is 27.4 Å². The Morgan fingerprint density at radius 2 is 1.86 bits per heavy atom. The number of alkyl halides is 2. The van der Waals surface area contributed by atoms with Crippen molar-refractivity contribution in [2.75, 3.05) is 30.9 Å². The molecule has 2 aliphatic heterocycles. The first-order chi connectivity index (χ1) is 16.9. The van der Waals surface area contributed by atoms with Crippen LogP contribution < -0.4 is 20.1 Å². The summed E-state index contributed by atoms with van der Waals surface area (Å²) in [5.41, 5.74) is 0.221. The molecule has 0 radical (unpaired) electrons. The second-order valence-electron chi connectivity index (χ2n) is 10.6. The molecule has 11 heteroatoms. The highest BCUT2D eigenvalue weighted by Gasteiger charge is 2.43. The number of halogens is 3. The molecule has 1 unspecified atom stereocenters. The zero-order valence-corrected chi connectivity index (χ0v) is 21.3. The second kappa shape index (κ2) is 10.3. The molecule has 1 aromatic carbocycles. The Morgan fingerprint density at radius 3 is 2.50 bits per heavy atom. The van der Waals surface area contributed by atoms with Crippen LogP contribution in [0, 0.1) is 5.82 Å². The van der Waals surface area contributed by atoms with Crippen LogP contribution in [0.15, 0.2) is 24.4 Å². The molecule has 2 aliphatic rings. The zero-order chi connectivity index (χ0) is 26.1. The average Bonchev–Trinajstić information content (AvgIpc) is 3.28. The van der Waals surface area contributed by atoms with Crippen molar-refractivity contribution in [3.63, 3.8) is 0 Å². The fourth-order valence-corrected chi connectivity index (χ4v) is 4.98. The Hall–Kier alpha value is -2.79. The van der Waals surface area contributed by atoms with Crippen LogP contribution in [0.1, 0.15) is 47.0 Å². The molecule has 0 spiro atoms. The summed E-state index contributed by atoms with van der Waals surface area (Å²) >= 11 is 0. The molecule has 1 atom stereocenters. The normalized spacial score (nSPS) is 22.0. The molecule has 0 saturated carbocycles. The lowest BCUT2D eigenvalue weighted by Crippen LogP contribution is -2.61. The van der Waals surface area contributed by atoms with Gasteiger partial charge in [0.1, 0.15) is 6.10 Å². The molecule has 2 saturated heterocycles. The van der Waals surface area contributed by atoms with E-state index in [1.54, 1.807) is 6.07 Å². The lowest BCUT2D eigenvalue weighted by molar-refractivity contribution is -0.0520. The smallest absolute Gasteiger partial charge is 0.387 e. The van der Waals surface area contributed by atoms with Gasteiger partial charge in [0.05, 0.1) is 19.4 Å².